The van der Waals surface area contributed by atoms with Crippen LogP contribution in [0.2, 0.25) is 0 Å². The number of nitrogens with zero attached hydrogens (tertiary/aromatic N) is 1. The van der Waals surface area contributed by atoms with Gasteiger partial charge in [-0.25, -0.2) is 13.6 Å². The molecule has 2 rings (SSSR count). The molecule has 0 saturated carbocycles. The van der Waals surface area contributed by atoms with Crippen LogP contribution >= 0.6 is 24.0 Å². The van der Waals surface area contributed by atoms with Gasteiger partial charge in [0, 0.05) is 33.4 Å². The van der Waals surface area contributed by atoms with Crippen LogP contribution in [0.15, 0.2) is 34.2 Å². The summed E-state index contributed by atoms with van der Waals surface area (Å²) in [5.74, 6) is 0.732. The highest BCUT2D eigenvalue weighted by atomic mass is 127. The van der Waals surface area contributed by atoms with Crippen molar-refractivity contribution in [3.8, 4) is 0 Å². The van der Waals surface area contributed by atoms with Crippen molar-refractivity contribution in [3.05, 3.63) is 29.8 Å². The molecule has 1 fully saturated rings. The van der Waals surface area contributed by atoms with Crippen molar-refractivity contribution < 1.29 is 17.9 Å². The summed E-state index contributed by atoms with van der Waals surface area (Å²) in [5, 5.41) is 11.6. The Balaban J connectivity index is 0.00000392. The highest BCUT2D eigenvalue weighted by Gasteiger charge is 2.14. The van der Waals surface area contributed by atoms with Crippen LogP contribution in [0.1, 0.15) is 24.8 Å². The maximum atomic E-state index is 11.2. The molecule has 0 amide bonds. The van der Waals surface area contributed by atoms with Crippen molar-refractivity contribution in [2.75, 3.05) is 40.0 Å². The van der Waals surface area contributed by atoms with E-state index in [0.717, 1.165) is 50.4 Å². The lowest BCUT2D eigenvalue weighted by Gasteiger charge is -2.13. The van der Waals surface area contributed by atoms with E-state index in [1.54, 1.807) is 19.2 Å². The zero-order valence-corrected chi connectivity index (χ0v) is 19.4. The summed E-state index contributed by atoms with van der Waals surface area (Å²) >= 11 is 0. The van der Waals surface area contributed by atoms with Gasteiger partial charge < -0.3 is 20.1 Å². The normalized spacial score (nSPS) is 17.2. The minimum absolute atomic E-state index is 0. The highest BCUT2D eigenvalue weighted by Crippen LogP contribution is 2.12. The number of ether oxygens (including phenoxy) is 2. The lowest BCUT2D eigenvalue weighted by atomic mass is 10.1. The van der Waals surface area contributed by atoms with E-state index in [9.17, 15) is 8.42 Å². The lowest BCUT2D eigenvalue weighted by Crippen LogP contribution is -2.39. The number of rotatable bonds is 10. The van der Waals surface area contributed by atoms with E-state index in [2.05, 4.69) is 15.6 Å². The van der Waals surface area contributed by atoms with Gasteiger partial charge in [-0.3, -0.25) is 4.99 Å². The molecule has 8 nitrogen and oxygen atoms in total. The lowest BCUT2D eigenvalue weighted by molar-refractivity contribution is 0.0168. The van der Waals surface area contributed by atoms with Gasteiger partial charge >= 0.3 is 0 Å². The first-order chi connectivity index (χ1) is 13.0. The molecule has 1 atom stereocenters. The summed E-state index contributed by atoms with van der Waals surface area (Å²) in [4.78, 5) is 4.31. The van der Waals surface area contributed by atoms with Crippen LogP contribution in [0, 0.1) is 0 Å². The number of guanidine groups is 1. The minimum Gasteiger partial charge on any atom is -0.379 e. The Kier molecular flexibility index (Phi) is 11.9. The molecule has 1 aliphatic rings. The van der Waals surface area contributed by atoms with Crippen molar-refractivity contribution in [3.63, 3.8) is 0 Å². The average molecular weight is 526 g/mol. The molecule has 1 aliphatic heterocycles. The number of halogens is 1. The molecule has 1 saturated heterocycles. The van der Waals surface area contributed by atoms with Gasteiger partial charge in [-0.1, -0.05) is 12.1 Å². The number of benzene rings is 1. The Morgan fingerprint density at radius 1 is 1.29 bits per heavy atom. The molecule has 1 heterocycles. The molecule has 0 aromatic heterocycles. The second-order valence-electron chi connectivity index (χ2n) is 6.43. The first-order valence-electron chi connectivity index (χ1n) is 9.24. The van der Waals surface area contributed by atoms with Crippen molar-refractivity contribution in [2.45, 2.75) is 36.7 Å². The van der Waals surface area contributed by atoms with Crippen molar-refractivity contribution in [2.24, 2.45) is 10.1 Å². The molecule has 1 unspecified atom stereocenters. The third kappa shape index (κ3) is 9.50. The van der Waals surface area contributed by atoms with E-state index in [1.807, 2.05) is 0 Å². The second-order valence-corrected chi connectivity index (χ2v) is 7.99. The molecule has 160 valence electrons. The predicted octanol–water partition coefficient (Wildman–Crippen LogP) is 1.25. The highest BCUT2D eigenvalue weighted by molar-refractivity contribution is 14.0. The molecule has 1 aromatic rings. The topological polar surface area (TPSA) is 115 Å². The van der Waals surface area contributed by atoms with Gasteiger partial charge in [0.25, 0.3) is 0 Å². The first kappa shape index (κ1) is 25.1. The first-order valence-corrected chi connectivity index (χ1v) is 10.8. The molecular weight excluding hydrogens is 495 g/mol. The average Bonchev–Trinajstić information content (AvgIpc) is 3.16. The van der Waals surface area contributed by atoms with Crippen LogP contribution in [0.5, 0.6) is 0 Å². The number of hydrogen-bond acceptors (Lipinski definition) is 5. The second kappa shape index (κ2) is 13.3. The number of nitrogens with two attached hydrogens (primary N) is 1. The number of primary sulfonamides is 1. The quantitative estimate of drug-likeness (QED) is 0.183. The molecule has 0 aliphatic carbocycles. The van der Waals surface area contributed by atoms with Crippen molar-refractivity contribution >= 4 is 40.0 Å². The fraction of sp³-hybridized carbons (Fsp3) is 0.611. The van der Waals surface area contributed by atoms with Crippen LogP contribution in [0.25, 0.3) is 0 Å². The monoisotopic (exact) mass is 526 g/mol. The van der Waals surface area contributed by atoms with Crippen LogP contribution < -0.4 is 15.8 Å². The summed E-state index contributed by atoms with van der Waals surface area (Å²) in [6.07, 6.45) is 4.14. The van der Waals surface area contributed by atoms with Gasteiger partial charge in [0.05, 0.1) is 17.6 Å². The van der Waals surface area contributed by atoms with Crippen LogP contribution in [0.4, 0.5) is 0 Å². The number of hydrogen-bond donors (Lipinski definition) is 3. The third-order valence-electron chi connectivity index (χ3n) is 4.27. The van der Waals surface area contributed by atoms with E-state index < -0.39 is 10.0 Å². The Bertz CT molecular complexity index is 692. The summed E-state index contributed by atoms with van der Waals surface area (Å²) < 4.78 is 33.6. The van der Waals surface area contributed by atoms with Gasteiger partial charge in [-0.05, 0) is 43.4 Å². The van der Waals surface area contributed by atoms with E-state index in [1.165, 1.54) is 12.1 Å². The zero-order valence-electron chi connectivity index (χ0n) is 16.2. The molecular formula is C18H31IN4O4S. The fourth-order valence-corrected chi connectivity index (χ4v) is 3.28. The number of sulfonamides is 1. The number of nitrogens with one attached hydrogen (secondary N) is 2. The van der Waals surface area contributed by atoms with Crippen LogP contribution in [-0.2, 0) is 25.9 Å². The summed E-state index contributed by atoms with van der Waals surface area (Å²) in [5.41, 5.74) is 1.02. The van der Waals surface area contributed by atoms with Gasteiger partial charge in [-0.15, -0.1) is 24.0 Å². The van der Waals surface area contributed by atoms with E-state index in [4.69, 9.17) is 14.6 Å². The Morgan fingerprint density at radius 3 is 2.61 bits per heavy atom. The van der Waals surface area contributed by atoms with Gasteiger partial charge in [0.1, 0.15) is 0 Å². The minimum atomic E-state index is -3.64. The Morgan fingerprint density at radius 2 is 2.00 bits per heavy atom. The zero-order chi connectivity index (χ0) is 19.5. The van der Waals surface area contributed by atoms with Gasteiger partial charge in [-0.2, -0.15) is 0 Å². The van der Waals surface area contributed by atoms with Crippen molar-refractivity contribution in [1.82, 2.24) is 10.6 Å². The van der Waals surface area contributed by atoms with E-state index in [0.29, 0.717) is 19.8 Å². The fourth-order valence-electron chi connectivity index (χ4n) is 2.76. The number of aliphatic imine (C=N–C) groups is 1. The van der Waals surface area contributed by atoms with Crippen LogP contribution in [-0.4, -0.2) is 60.4 Å². The van der Waals surface area contributed by atoms with Crippen LogP contribution in [0.3, 0.4) is 0 Å². The standard InChI is InChI=1S/C18H30N4O4S.HI/c1-20-18(21-10-3-12-25-14-16-4-2-13-26-16)22-11-9-15-5-7-17(8-6-15)27(19,23)24;/h5-8,16H,2-4,9-14H2,1H3,(H2,19,23,24)(H2,20,21,22);1H. The predicted molar refractivity (Wildman–Crippen MR) is 121 cm³/mol. The summed E-state index contributed by atoms with van der Waals surface area (Å²) in [6, 6.07) is 6.58. The molecule has 0 spiro atoms. The molecule has 4 N–H and O–H groups in total. The van der Waals surface area contributed by atoms with E-state index >= 15 is 0 Å². The summed E-state index contributed by atoms with van der Waals surface area (Å²) in [6.45, 7) is 3.68. The van der Waals surface area contributed by atoms with Gasteiger partial charge in [0.15, 0.2) is 5.96 Å². The largest absolute Gasteiger partial charge is 0.379 e. The smallest absolute Gasteiger partial charge is 0.238 e. The third-order valence-corrected chi connectivity index (χ3v) is 5.20. The Hall–Kier alpha value is -0.950. The molecule has 28 heavy (non-hydrogen) atoms. The van der Waals surface area contributed by atoms with E-state index in [-0.39, 0.29) is 35.0 Å². The summed E-state index contributed by atoms with van der Waals surface area (Å²) in [7, 11) is -1.92. The maximum absolute atomic E-state index is 11.2. The molecule has 1 aromatic carbocycles. The maximum Gasteiger partial charge on any atom is 0.238 e. The molecule has 0 bridgehead atoms. The molecule has 10 heteroatoms. The Labute approximate surface area is 184 Å². The van der Waals surface area contributed by atoms with Gasteiger partial charge in [0.2, 0.25) is 10.0 Å². The SMILES string of the molecule is CN=C(NCCCOCC1CCCO1)NCCc1ccc(S(N)(=O)=O)cc1.I. The van der Waals surface area contributed by atoms with Crippen molar-refractivity contribution in [1.29, 1.82) is 0 Å². The molecule has 0 radical (unpaired) electrons.